The van der Waals surface area contributed by atoms with Crippen LogP contribution < -0.4 is 0 Å². The van der Waals surface area contributed by atoms with Gasteiger partial charge in [-0.2, -0.15) is 0 Å². The molecule has 0 unspecified atom stereocenters. The zero-order valence-electron chi connectivity index (χ0n) is 12.3. The van der Waals surface area contributed by atoms with E-state index in [9.17, 15) is 9.90 Å². The van der Waals surface area contributed by atoms with E-state index in [1.807, 2.05) is 0 Å². The molecule has 0 saturated heterocycles. The summed E-state index contributed by atoms with van der Waals surface area (Å²) in [4.78, 5) is 10.8. The molecule has 20 heavy (non-hydrogen) atoms. The molecule has 0 bridgehead atoms. The molecule has 0 saturated carbocycles. The van der Waals surface area contributed by atoms with Gasteiger partial charge in [0.2, 0.25) is 0 Å². The zero-order chi connectivity index (χ0) is 15.1. The molecule has 0 amide bonds. The number of aromatic carboxylic acids is 1. The van der Waals surface area contributed by atoms with E-state index in [4.69, 9.17) is 5.11 Å². The van der Waals surface area contributed by atoms with Crippen molar-refractivity contribution in [2.45, 2.75) is 40.0 Å². The van der Waals surface area contributed by atoms with Gasteiger partial charge < -0.3 is 10.2 Å². The van der Waals surface area contributed by atoms with Crippen LogP contribution in [-0.2, 0) is 6.42 Å². The quantitative estimate of drug-likeness (QED) is 0.759. The van der Waals surface area contributed by atoms with E-state index in [2.05, 4.69) is 32.9 Å². The van der Waals surface area contributed by atoms with Gasteiger partial charge in [-0.15, -0.1) is 0 Å². The van der Waals surface area contributed by atoms with Crippen LogP contribution in [0.4, 0.5) is 0 Å². The van der Waals surface area contributed by atoms with Crippen molar-refractivity contribution in [2.24, 2.45) is 0 Å². The van der Waals surface area contributed by atoms with Crippen LogP contribution in [0.25, 0.3) is 0 Å². The number of carbonyl (C=O) groups is 1. The molecule has 0 fully saturated rings. The van der Waals surface area contributed by atoms with Gasteiger partial charge in [-0.1, -0.05) is 29.4 Å². The van der Waals surface area contributed by atoms with Crippen LogP contribution in [0.2, 0.25) is 0 Å². The maximum Gasteiger partial charge on any atom is 0.335 e. The Hall–Kier alpha value is -2.03. The second-order valence-corrected chi connectivity index (χ2v) is 5.22. The van der Waals surface area contributed by atoms with Gasteiger partial charge in [-0.05, 0) is 57.7 Å². The molecular formula is C17H22O3. The molecule has 0 aliphatic carbocycles. The summed E-state index contributed by atoms with van der Waals surface area (Å²) in [6, 6.07) is 4.48. The second kappa shape index (κ2) is 7.53. The summed E-state index contributed by atoms with van der Waals surface area (Å²) in [6.07, 6.45) is 6.92. The van der Waals surface area contributed by atoms with E-state index in [0.29, 0.717) is 6.42 Å². The minimum atomic E-state index is -1.03. The standard InChI is InChI=1S/C17H22O3/c1-12(2)5-4-6-13(3)7-8-14-9-10-15(17(19)20)11-16(14)18/h5,7,9-11,18H,4,6,8H2,1-3H3,(H,19,20). The predicted molar refractivity (Wildman–Crippen MR) is 81.2 cm³/mol. The van der Waals surface area contributed by atoms with Crippen molar-refractivity contribution in [1.29, 1.82) is 0 Å². The molecular weight excluding hydrogens is 252 g/mol. The van der Waals surface area contributed by atoms with E-state index in [0.717, 1.165) is 18.4 Å². The second-order valence-electron chi connectivity index (χ2n) is 5.22. The molecule has 0 atom stereocenters. The highest BCUT2D eigenvalue weighted by Crippen LogP contribution is 2.20. The average molecular weight is 274 g/mol. The smallest absolute Gasteiger partial charge is 0.335 e. The average Bonchev–Trinajstić information content (AvgIpc) is 2.36. The first-order chi connectivity index (χ1) is 9.40. The van der Waals surface area contributed by atoms with Gasteiger partial charge in [0.25, 0.3) is 0 Å². The number of carboxylic acids is 1. The number of aromatic hydroxyl groups is 1. The van der Waals surface area contributed by atoms with Gasteiger partial charge in [0.1, 0.15) is 5.75 Å². The first-order valence-corrected chi connectivity index (χ1v) is 6.74. The zero-order valence-corrected chi connectivity index (χ0v) is 12.3. The topological polar surface area (TPSA) is 57.5 Å². The number of allylic oxidation sites excluding steroid dienone is 4. The summed E-state index contributed by atoms with van der Waals surface area (Å²) in [5, 5.41) is 18.6. The first-order valence-electron chi connectivity index (χ1n) is 6.74. The Morgan fingerprint density at radius 1 is 1.20 bits per heavy atom. The molecule has 3 nitrogen and oxygen atoms in total. The van der Waals surface area contributed by atoms with Crippen molar-refractivity contribution in [3.63, 3.8) is 0 Å². The van der Waals surface area contributed by atoms with Crippen LogP contribution >= 0.6 is 0 Å². The van der Waals surface area contributed by atoms with Crippen molar-refractivity contribution in [3.8, 4) is 5.75 Å². The number of carboxylic acid groups (broad SMARTS) is 1. The number of phenols is 1. The molecule has 108 valence electrons. The summed E-state index contributed by atoms with van der Waals surface area (Å²) in [6.45, 7) is 6.24. The number of hydrogen-bond donors (Lipinski definition) is 2. The van der Waals surface area contributed by atoms with Crippen LogP contribution in [-0.4, -0.2) is 16.2 Å². The fourth-order valence-corrected chi connectivity index (χ4v) is 1.84. The molecule has 0 heterocycles. The molecule has 0 radical (unpaired) electrons. The number of hydrogen-bond acceptors (Lipinski definition) is 2. The Morgan fingerprint density at radius 2 is 1.90 bits per heavy atom. The molecule has 1 rings (SSSR count). The van der Waals surface area contributed by atoms with Crippen LogP contribution in [0.1, 0.15) is 49.5 Å². The number of rotatable bonds is 6. The Balaban J connectivity index is 2.65. The van der Waals surface area contributed by atoms with Gasteiger partial charge >= 0.3 is 5.97 Å². The maximum atomic E-state index is 10.8. The predicted octanol–water partition coefficient (Wildman–Crippen LogP) is 4.33. The molecule has 0 aromatic heterocycles. The van der Waals surface area contributed by atoms with Crippen LogP contribution in [0.15, 0.2) is 41.5 Å². The summed E-state index contributed by atoms with van der Waals surface area (Å²) in [5.74, 6) is -0.987. The number of benzene rings is 1. The largest absolute Gasteiger partial charge is 0.508 e. The summed E-state index contributed by atoms with van der Waals surface area (Å²) >= 11 is 0. The van der Waals surface area contributed by atoms with Gasteiger partial charge in [0.15, 0.2) is 0 Å². The minimum absolute atomic E-state index is 0.0400. The van der Waals surface area contributed by atoms with E-state index in [-0.39, 0.29) is 11.3 Å². The van der Waals surface area contributed by atoms with Crippen molar-refractivity contribution in [1.82, 2.24) is 0 Å². The molecule has 0 aliphatic rings. The lowest BCUT2D eigenvalue weighted by molar-refractivity contribution is 0.0696. The highest BCUT2D eigenvalue weighted by atomic mass is 16.4. The Labute approximate surface area is 120 Å². The fraction of sp³-hybridized carbons (Fsp3) is 0.353. The van der Waals surface area contributed by atoms with E-state index >= 15 is 0 Å². The highest BCUT2D eigenvalue weighted by Gasteiger charge is 2.06. The molecule has 1 aromatic carbocycles. The number of phenolic OH excluding ortho intramolecular Hbond substituents is 1. The van der Waals surface area contributed by atoms with E-state index in [1.54, 1.807) is 6.07 Å². The van der Waals surface area contributed by atoms with Gasteiger partial charge in [0.05, 0.1) is 5.56 Å². The van der Waals surface area contributed by atoms with Crippen LogP contribution in [0, 0.1) is 0 Å². The maximum absolute atomic E-state index is 10.8. The van der Waals surface area contributed by atoms with E-state index < -0.39 is 5.97 Å². The minimum Gasteiger partial charge on any atom is -0.508 e. The Morgan fingerprint density at radius 3 is 2.45 bits per heavy atom. The van der Waals surface area contributed by atoms with E-state index in [1.165, 1.54) is 23.3 Å². The summed E-state index contributed by atoms with van der Waals surface area (Å²) in [7, 11) is 0. The molecule has 0 spiro atoms. The Bertz CT molecular complexity index is 535. The summed E-state index contributed by atoms with van der Waals surface area (Å²) in [5.41, 5.74) is 3.44. The lowest BCUT2D eigenvalue weighted by Gasteiger charge is -2.04. The van der Waals surface area contributed by atoms with Crippen LogP contribution in [0.5, 0.6) is 5.75 Å². The SMILES string of the molecule is CC(C)=CCCC(C)=CCc1ccc(C(=O)O)cc1O. The van der Waals surface area contributed by atoms with Crippen molar-refractivity contribution in [3.05, 3.63) is 52.6 Å². The van der Waals surface area contributed by atoms with Crippen molar-refractivity contribution in [2.75, 3.05) is 0 Å². The first kappa shape index (κ1) is 16.0. The third-order valence-electron chi connectivity index (χ3n) is 3.09. The van der Waals surface area contributed by atoms with Crippen molar-refractivity contribution < 1.29 is 15.0 Å². The molecule has 0 aliphatic heterocycles. The van der Waals surface area contributed by atoms with Gasteiger partial charge in [0, 0.05) is 0 Å². The monoisotopic (exact) mass is 274 g/mol. The summed E-state index contributed by atoms with van der Waals surface area (Å²) < 4.78 is 0. The van der Waals surface area contributed by atoms with Crippen LogP contribution in [0.3, 0.4) is 0 Å². The molecule has 3 heteroatoms. The highest BCUT2D eigenvalue weighted by molar-refractivity contribution is 5.88. The lowest BCUT2D eigenvalue weighted by atomic mass is 10.0. The molecule has 1 aromatic rings. The fourth-order valence-electron chi connectivity index (χ4n) is 1.84. The van der Waals surface area contributed by atoms with Gasteiger partial charge in [-0.3, -0.25) is 0 Å². The third kappa shape index (κ3) is 5.31. The third-order valence-corrected chi connectivity index (χ3v) is 3.09. The van der Waals surface area contributed by atoms with Crippen molar-refractivity contribution >= 4 is 5.97 Å². The normalized spacial score (nSPS) is 11.2. The lowest BCUT2D eigenvalue weighted by Crippen LogP contribution is -1.96. The Kier molecular flexibility index (Phi) is 6.04. The molecule has 2 N–H and O–H groups in total. The van der Waals surface area contributed by atoms with Gasteiger partial charge in [-0.25, -0.2) is 4.79 Å².